The van der Waals surface area contributed by atoms with Gasteiger partial charge >= 0.3 is 0 Å². The molecule has 0 aliphatic rings. The molecule has 0 fully saturated rings. The maximum atomic E-state index is 6.00. The number of aromatic amines is 2. The molecule has 0 atom stereocenters. The fraction of sp³-hybridized carbons (Fsp3) is 0.0968. The predicted molar refractivity (Wildman–Crippen MR) is 141 cm³/mol. The van der Waals surface area contributed by atoms with Gasteiger partial charge in [-0.05, 0) is 46.5 Å². The first-order chi connectivity index (χ1) is 17.3. The highest BCUT2D eigenvalue weighted by atomic mass is 16.5. The van der Waals surface area contributed by atoms with Gasteiger partial charge in [0, 0.05) is 52.8 Å². The van der Waals surface area contributed by atoms with E-state index in [1.165, 1.54) is 21.9 Å². The number of hydrogen-bond acceptors (Lipinski definition) is 2. The summed E-state index contributed by atoms with van der Waals surface area (Å²) in [5.74, 6) is 1.73. The van der Waals surface area contributed by atoms with E-state index < -0.39 is 0 Å². The topological polar surface area (TPSA) is 50.0 Å². The van der Waals surface area contributed by atoms with Crippen molar-refractivity contribution < 1.29 is 9.47 Å². The Bertz CT molecular complexity index is 1450. The Balaban J connectivity index is 1.16. The van der Waals surface area contributed by atoms with E-state index in [9.17, 15) is 0 Å². The Hall–Kier alpha value is -4.44. The third-order valence-electron chi connectivity index (χ3n) is 6.36. The molecule has 0 bridgehead atoms. The molecule has 0 radical (unpaired) electrons. The van der Waals surface area contributed by atoms with Crippen LogP contribution in [0.4, 0.5) is 0 Å². The Labute approximate surface area is 204 Å². The van der Waals surface area contributed by atoms with Crippen molar-refractivity contribution in [2.45, 2.75) is 19.6 Å². The number of H-pyrrole nitrogens is 2. The fourth-order valence-corrected chi connectivity index (χ4v) is 4.49. The Morgan fingerprint density at radius 3 is 1.43 bits per heavy atom. The van der Waals surface area contributed by atoms with Gasteiger partial charge in [-0.3, -0.25) is 0 Å². The second kappa shape index (κ2) is 9.43. The number of benzene rings is 4. The number of hydrogen-bond donors (Lipinski definition) is 2. The van der Waals surface area contributed by atoms with Crippen LogP contribution in [0.2, 0.25) is 0 Å². The number of ether oxygens (including phenoxy) is 2. The van der Waals surface area contributed by atoms with Crippen LogP contribution in [0.3, 0.4) is 0 Å². The molecule has 0 saturated carbocycles. The molecule has 6 aromatic rings. The Morgan fingerprint density at radius 1 is 0.514 bits per heavy atom. The lowest BCUT2D eigenvalue weighted by Crippen LogP contribution is -1.95. The van der Waals surface area contributed by atoms with Crippen molar-refractivity contribution >= 4 is 21.8 Å². The summed E-state index contributed by atoms with van der Waals surface area (Å²) in [5.41, 5.74) is 7.02. The molecule has 0 aliphatic carbocycles. The van der Waals surface area contributed by atoms with Crippen LogP contribution in [0.1, 0.15) is 22.3 Å². The molecule has 2 heterocycles. The number of fused-ring (bicyclic) bond motifs is 2. The van der Waals surface area contributed by atoms with Crippen molar-refractivity contribution in [3.8, 4) is 11.5 Å². The zero-order valence-corrected chi connectivity index (χ0v) is 19.3. The van der Waals surface area contributed by atoms with Crippen LogP contribution in [0.5, 0.6) is 11.5 Å². The fourth-order valence-electron chi connectivity index (χ4n) is 4.49. The van der Waals surface area contributed by atoms with Gasteiger partial charge in [-0.1, -0.05) is 60.7 Å². The second-order valence-electron chi connectivity index (χ2n) is 8.77. The monoisotopic (exact) mass is 458 g/mol. The van der Waals surface area contributed by atoms with Crippen molar-refractivity contribution in [1.82, 2.24) is 9.97 Å². The van der Waals surface area contributed by atoms with Gasteiger partial charge in [0.1, 0.15) is 24.7 Å². The molecule has 0 saturated heterocycles. The molecule has 0 spiro atoms. The highest BCUT2D eigenvalue weighted by Crippen LogP contribution is 2.29. The average Bonchev–Trinajstić information content (AvgIpc) is 3.51. The van der Waals surface area contributed by atoms with Crippen molar-refractivity contribution in [1.29, 1.82) is 0 Å². The smallest absolute Gasteiger partial charge is 0.121 e. The molecule has 6 rings (SSSR count). The van der Waals surface area contributed by atoms with E-state index in [0.717, 1.165) is 40.1 Å². The highest BCUT2D eigenvalue weighted by molar-refractivity contribution is 5.88. The van der Waals surface area contributed by atoms with E-state index in [2.05, 4.69) is 70.9 Å². The van der Waals surface area contributed by atoms with Gasteiger partial charge in [0.25, 0.3) is 0 Å². The molecular formula is C31H26N2O2. The summed E-state index contributed by atoms with van der Waals surface area (Å²) in [6.45, 7) is 1.12. The third-order valence-corrected chi connectivity index (χ3v) is 6.36. The van der Waals surface area contributed by atoms with Crippen molar-refractivity contribution in [3.63, 3.8) is 0 Å². The van der Waals surface area contributed by atoms with Gasteiger partial charge in [0.15, 0.2) is 0 Å². The zero-order valence-electron chi connectivity index (χ0n) is 19.3. The van der Waals surface area contributed by atoms with Crippen molar-refractivity contribution in [2.24, 2.45) is 0 Å². The normalized spacial score (nSPS) is 11.2. The molecule has 2 N–H and O–H groups in total. The summed E-state index contributed by atoms with van der Waals surface area (Å²) in [6, 6.07) is 33.0. The number of aromatic nitrogens is 2. The van der Waals surface area contributed by atoms with Gasteiger partial charge in [0.2, 0.25) is 0 Å². The quantitative estimate of drug-likeness (QED) is 0.250. The average molecular weight is 459 g/mol. The van der Waals surface area contributed by atoms with Crippen LogP contribution in [0.15, 0.2) is 109 Å². The van der Waals surface area contributed by atoms with E-state index in [4.69, 9.17) is 9.47 Å². The maximum absolute atomic E-state index is 6.00. The summed E-state index contributed by atoms with van der Waals surface area (Å²) < 4.78 is 12.0. The van der Waals surface area contributed by atoms with Crippen molar-refractivity contribution in [2.75, 3.05) is 0 Å². The first-order valence-corrected chi connectivity index (χ1v) is 11.9. The minimum Gasteiger partial charge on any atom is -0.489 e. The maximum Gasteiger partial charge on any atom is 0.121 e. The minimum absolute atomic E-state index is 0.562. The van der Waals surface area contributed by atoms with Crippen molar-refractivity contribution in [3.05, 3.63) is 132 Å². The van der Waals surface area contributed by atoms with Gasteiger partial charge in [-0.15, -0.1) is 0 Å². The van der Waals surface area contributed by atoms with Gasteiger partial charge in [-0.25, -0.2) is 0 Å². The zero-order chi connectivity index (χ0) is 23.5. The summed E-state index contributed by atoms with van der Waals surface area (Å²) in [6.07, 6.45) is 5.04. The van der Waals surface area contributed by atoms with E-state index in [1.54, 1.807) is 0 Å². The minimum atomic E-state index is 0.562. The van der Waals surface area contributed by atoms with E-state index >= 15 is 0 Å². The molecule has 35 heavy (non-hydrogen) atoms. The summed E-state index contributed by atoms with van der Waals surface area (Å²) in [5, 5.41) is 2.43. The summed E-state index contributed by atoms with van der Waals surface area (Å²) >= 11 is 0. The van der Waals surface area contributed by atoms with Gasteiger partial charge in [0.05, 0.1) is 0 Å². The Kier molecular flexibility index (Phi) is 5.69. The largest absolute Gasteiger partial charge is 0.489 e. The lowest BCUT2D eigenvalue weighted by molar-refractivity contribution is 0.306. The lowest BCUT2D eigenvalue weighted by Gasteiger charge is -2.07. The van der Waals surface area contributed by atoms with Gasteiger partial charge < -0.3 is 19.4 Å². The molecule has 2 aromatic heterocycles. The van der Waals surface area contributed by atoms with E-state index in [0.29, 0.717) is 13.2 Å². The molecule has 0 amide bonds. The number of rotatable bonds is 8. The third kappa shape index (κ3) is 4.64. The van der Waals surface area contributed by atoms with Crippen LogP contribution in [0.25, 0.3) is 21.8 Å². The van der Waals surface area contributed by atoms with Crippen LogP contribution < -0.4 is 9.47 Å². The summed E-state index contributed by atoms with van der Waals surface area (Å²) in [7, 11) is 0. The summed E-state index contributed by atoms with van der Waals surface area (Å²) in [4.78, 5) is 6.84. The first kappa shape index (κ1) is 21.1. The van der Waals surface area contributed by atoms with E-state index in [1.807, 2.05) is 48.5 Å². The van der Waals surface area contributed by atoms with Crippen LogP contribution in [-0.2, 0) is 19.6 Å². The first-order valence-electron chi connectivity index (χ1n) is 11.9. The molecular weight excluding hydrogens is 432 g/mol. The highest BCUT2D eigenvalue weighted by Gasteiger charge is 2.11. The molecule has 4 heteroatoms. The second-order valence-corrected chi connectivity index (χ2v) is 8.77. The SMILES string of the molecule is c1ccc(COc2ccc3c(Cc4c[nH]c5cc(OCc6ccccc6)ccc45)c[nH]c3c2)cc1. The lowest BCUT2D eigenvalue weighted by atomic mass is 10.0. The molecule has 4 nitrogen and oxygen atoms in total. The van der Waals surface area contributed by atoms with Gasteiger partial charge in [-0.2, -0.15) is 0 Å². The predicted octanol–water partition coefficient (Wildman–Crippen LogP) is 7.40. The van der Waals surface area contributed by atoms with E-state index in [-0.39, 0.29) is 0 Å². The molecule has 0 aliphatic heterocycles. The Morgan fingerprint density at radius 2 is 0.971 bits per heavy atom. The molecule has 172 valence electrons. The van der Waals surface area contributed by atoms with Crippen LogP contribution >= 0.6 is 0 Å². The van der Waals surface area contributed by atoms with Crippen LogP contribution in [0, 0.1) is 0 Å². The number of nitrogens with one attached hydrogen (secondary N) is 2. The standard InChI is InChI=1S/C31H26N2O2/c1-3-7-22(8-4-1)20-34-26-11-13-28-24(18-32-30(28)16-26)15-25-19-33-31-17-27(12-14-29(25)31)35-21-23-9-5-2-6-10-23/h1-14,16-19,32-33H,15,20-21H2. The van der Waals surface area contributed by atoms with Crippen LogP contribution in [-0.4, -0.2) is 9.97 Å². The molecule has 4 aromatic carbocycles. The molecule has 0 unspecified atom stereocenters.